The molecule has 0 radical (unpaired) electrons. The predicted octanol–water partition coefficient (Wildman–Crippen LogP) is 3.53. The zero-order valence-corrected chi connectivity index (χ0v) is 21.7. The molecule has 2 atom stereocenters. The van der Waals surface area contributed by atoms with Crippen molar-refractivity contribution in [2.75, 3.05) is 27.9 Å². The molecule has 1 aromatic heterocycles. The molecule has 4 amide bonds. The molecule has 3 aliphatic heterocycles. The lowest BCUT2D eigenvalue weighted by molar-refractivity contribution is -0.119. The summed E-state index contributed by atoms with van der Waals surface area (Å²) in [6, 6.07) is 9.36. The fourth-order valence-corrected chi connectivity index (χ4v) is 5.74. The van der Waals surface area contributed by atoms with Crippen molar-refractivity contribution >= 4 is 35.0 Å². The number of urea groups is 1. The molecule has 3 aromatic rings. The normalized spacial score (nSPS) is 20.8. The third-order valence-electron chi connectivity index (χ3n) is 7.58. The second-order valence-electron chi connectivity index (χ2n) is 10.4. The molecular weight excluding hydrogens is 503 g/mol. The van der Waals surface area contributed by atoms with Crippen LogP contribution in [0.15, 0.2) is 48.7 Å². The van der Waals surface area contributed by atoms with Gasteiger partial charge in [-0.25, -0.2) is 19.1 Å². The van der Waals surface area contributed by atoms with Crippen molar-refractivity contribution < 1.29 is 23.5 Å². The summed E-state index contributed by atoms with van der Waals surface area (Å²) in [6.07, 6.45) is 3.36. The Balaban J connectivity index is 1.37. The van der Waals surface area contributed by atoms with Crippen LogP contribution in [0.2, 0.25) is 0 Å². The molecule has 4 heterocycles. The topological polar surface area (TPSA) is 114 Å². The third-order valence-corrected chi connectivity index (χ3v) is 7.58. The van der Waals surface area contributed by atoms with E-state index in [1.165, 1.54) is 29.2 Å². The van der Waals surface area contributed by atoms with E-state index in [4.69, 9.17) is 15.5 Å². The van der Waals surface area contributed by atoms with Crippen LogP contribution in [-0.2, 0) is 16.1 Å². The molecule has 3 aliphatic rings. The van der Waals surface area contributed by atoms with E-state index in [9.17, 15) is 18.8 Å². The quantitative estimate of drug-likeness (QED) is 0.503. The summed E-state index contributed by atoms with van der Waals surface area (Å²) >= 11 is 0. The maximum atomic E-state index is 13.6. The Morgan fingerprint density at radius 3 is 2.56 bits per heavy atom. The van der Waals surface area contributed by atoms with Gasteiger partial charge in [0.1, 0.15) is 36.1 Å². The standard InChI is InChI=1S/C28H29FN6O4/c1-16(2)24-27(37)34(18-7-5-17(29)6-8-18)28(38)35(24)23-15-32-12-13-39-22-14-19(9-10-20(22)26(32)31-23)33-11-3-4-21(33)25(30)36/h5-10,14-16,21,24H,3-4,11-13H2,1-2H3,(H2,30,36)/t21-,24?/m0/s1. The second-order valence-corrected chi connectivity index (χ2v) is 10.4. The minimum absolute atomic E-state index is 0.190. The first-order valence-corrected chi connectivity index (χ1v) is 13.1. The number of hydrogen-bond donors (Lipinski definition) is 1. The van der Waals surface area contributed by atoms with Crippen LogP contribution in [0.1, 0.15) is 26.7 Å². The van der Waals surface area contributed by atoms with E-state index in [1.54, 1.807) is 6.20 Å². The van der Waals surface area contributed by atoms with E-state index in [1.807, 2.05) is 41.5 Å². The van der Waals surface area contributed by atoms with Crippen LogP contribution >= 0.6 is 0 Å². The number of aromatic nitrogens is 2. The van der Waals surface area contributed by atoms with Crippen molar-refractivity contribution in [1.82, 2.24) is 9.55 Å². The zero-order chi connectivity index (χ0) is 27.4. The van der Waals surface area contributed by atoms with Crippen LogP contribution in [0, 0.1) is 11.7 Å². The number of nitrogens with two attached hydrogens (primary N) is 1. The lowest BCUT2D eigenvalue weighted by Crippen LogP contribution is -2.40. The number of halogens is 1. The summed E-state index contributed by atoms with van der Waals surface area (Å²) in [5.74, 6) is 0.222. The van der Waals surface area contributed by atoms with Gasteiger partial charge in [0.05, 0.1) is 17.8 Å². The second kappa shape index (κ2) is 9.40. The van der Waals surface area contributed by atoms with Crippen molar-refractivity contribution in [3.63, 3.8) is 0 Å². The highest BCUT2D eigenvalue weighted by atomic mass is 19.1. The molecule has 202 valence electrons. The molecule has 10 nitrogen and oxygen atoms in total. The summed E-state index contributed by atoms with van der Waals surface area (Å²) in [4.78, 5) is 48.4. The number of carbonyl (C=O) groups is 3. The fourth-order valence-electron chi connectivity index (χ4n) is 5.74. The molecule has 1 unspecified atom stereocenters. The van der Waals surface area contributed by atoms with Crippen LogP contribution in [0.5, 0.6) is 5.75 Å². The Labute approximate surface area is 224 Å². The molecule has 6 rings (SSSR count). The molecule has 11 heteroatoms. The van der Waals surface area contributed by atoms with Gasteiger partial charge in [-0.2, -0.15) is 0 Å². The Kier molecular flexibility index (Phi) is 6.00. The number of imidazole rings is 1. The number of benzene rings is 2. The molecule has 0 saturated carbocycles. The number of imide groups is 1. The van der Waals surface area contributed by atoms with E-state index in [2.05, 4.69) is 0 Å². The highest BCUT2D eigenvalue weighted by Crippen LogP contribution is 2.39. The Bertz CT molecular complexity index is 1470. The number of rotatable bonds is 5. The average Bonchev–Trinajstić information content (AvgIpc) is 3.59. The van der Waals surface area contributed by atoms with Gasteiger partial charge in [0.2, 0.25) is 5.91 Å². The Morgan fingerprint density at radius 1 is 1.10 bits per heavy atom. The lowest BCUT2D eigenvalue weighted by atomic mass is 10.0. The first-order chi connectivity index (χ1) is 18.7. The van der Waals surface area contributed by atoms with Gasteiger partial charge < -0.3 is 19.9 Å². The maximum absolute atomic E-state index is 13.6. The minimum atomic E-state index is -0.763. The fraction of sp³-hybridized carbons (Fsp3) is 0.357. The van der Waals surface area contributed by atoms with Crippen LogP contribution in [0.25, 0.3) is 11.4 Å². The van der Waals surface area contributed by atoms with E-state index in [-0.39, 0.29) is 23.8 Å². The van der Waals surface area contributed by atoms with Crippen molar-refractivity contribution in [2.24, 2.45) is 11.7 Å². The lowest BCUT2D eigenvalue weighted by Gasteiger charge is -2.25. The van der Waals surface area contributed by atoms with Crippen LogP contribution in [0.3, 0.4) is 0 Å². The molecule has 0 bridgehead atoms. The van der Waals surface area contributed by atoms with Gasteiger partial charge in [-0.05, 0) is 55.2 Å². The summed E-state index contributed by atoms with van der Waals surface area (Å²) < 4.78 is 21.5. The van der Waals surface area contributed by atoms with Crippen molar-refractivity contribution in [1.29, 1.82) is 0 Å². The Morgan fingerprint density at radius 2 is 1.85 bits per heavy atom. The molecule has 0 spiro atoms. The van der Waals surface area contributed by atoms with E-state index in [0.29, 0.717) is 36.2 Å². The number of carbonyl (C=O) groups excluding carboxylic acids is 3. The van der Waals surface area contributed by atoms with Crippen LogP contribution in [-0.4, -0.2) is 52.6 Å². The van der Waals surface area contributed by atoms with Gasteiger partial charge >= 0.3 is 6.03 Å². The summed E-state index contributed by atoms with van der Waals surface area (Å²) in [7, 11) is 0. The average molecular weight is 533 g/mol. The number of primary amides is 1. The number of nitrogens with zero attached hydrogens (tertiary/aromatic N) is 5. The zero-order valence-electron chi connectivity index (χ0n) is 21.7. The number of ether oxygens (including phenoxy) is 1. The largest absolute Gasteiger partial charge is 0.491 e. The van der Waals surface area contributed by atoms with Crippen molar-refractivity contribution in [2.45, 2.75) is 45.3 Å². The smallest absolute Gasteiger partial charge is 0.337 e. The maximum Gasteiger partial charge on any atom is 0.337 e. The van der Waals surface area contributed by atoms with Crippen LogP contribution < -0.4 is 25.2 Å². The molecule has 2 fully saturated rings. The first kappa shape index (κ1) is 24.9. The van der Waals surface area contributed by atoms with Crippen molar-refractivity contribution in [3.05, 3.63) is 54.5 Å². The number of anilines is 3. The van der Waals surface area contributed by atoms with Gasteiger partial charge in [0.15, 0.2) is 5.82 Å². The third kappa shape index (κ3) is 4.08. The molecule has 39 heavy (non-hydrogen) atoms. The Hall–Kier alpha value is -4.41. The SMILES string of the molecule is CC(C)C1C(=O)N(c2ccc(F)cc2)C(=O)N1c1cn2c(n1)-c1ccc(N3CCC[C@H]3C(N)=O)cc1OCC2. The predicted molar refractivity (Wildman–Crippen MR) is 143 cm³/mol. The van der Waals surface area contributed by atoms with Gasteiger partial charge in [-0.3, -0.25) is 14.5 Å². The van der Waals surface area contributed by atoms with Gasteiger partial charge in [0.25, 0.3) is 5.91 Å². The van der Waals surface area contributed by atoms with E-state index >= 15 is 0 Å². The summed E-state index contributed by atoms with van der Waals surface area (Å²) in [6.45, 7) is 5.35. The number of hydrogen-bond acceptors (Lipinski definition) is 6. The molecule has 2 aromatic carbocycles. The first-order valence-electron chi connectivity index (χ1n) is 13.1. The number of amides is 4. The molecular formula is C28H29FN6O4. The van der Waals surface area contributed by atoms with E-state index < -0.39 is 17.9 Å². The van der Waals surface area contributed by atoms with Gasteiger partial charge in [0, 0.05) is 24.5 Å². The minimum Gasteiger partial charge on any atom is -0.491 e. The number of fused-ring (bicyclic) bond motifs is 3. The van der Waals surface area contributed by atoms with Gasteiger partial charge in [-0.1, -0.05) is 13.8 Å². The van der Waals surface area contributed by atoms with Gasteiger partial charge in [-0.15, -0.1) is 0 Å². The van der Waals surface area contributed by atoms with Crippen LogP contribution in [0.4, 0.5) is 26.4 Å². The highest BCUT2D eigenvalue weighted by molar-refractivity contribution is 6.28. The van der Waals surface area contributed by atoms with Crippen molar-refractivity contribution in [3.8, 4) is 17.1 Å². The van der Waals surface area contributed by atoms with E-state index in [0.717, 1.165) is 35.5 Å². The molecule has 0 aliphatic carbocycles. The highest BCUT2D eigenvalue weighted by Gasteiger charge is 2.49. The molecule has 2 saturated heterocycles. The monoisotopic (exact) mass is 532 g/mol. The summed E-state index contributed by atoms with van der Waals surface area (Å²) in [5.41, 5.74) is 7.52. The molecule has 2 N–H and O–H groups in total. The summed E-state index contributed by atoms with van der Waals surface area (Å²) in [5, 5.41) is 0.